The minimum Gasteiger partial charge on any atom is -0.461 e. The second-order valence-corrected chi connectivity index (χ2v) is 5.73. The average Bonchev–Trinajstić information content (AvgIpc) is 3.32. The van der Waals surface area contributed by atoms with Gasteiger partial charge in [0.05, 0.1) is 11.5 Å². The summed E-state index contributed by atoms with van der Waals surface area (Å²) in [6.07, 6.45) is 5.12. The predicted octanol–water partition coefficient (Wildman–Crippen LogP) is 3.94. The van der Waals surface area contributed by atoms with Gasteiger partial charge in [0, 0.05) is 18.1 Å². The molecule has 3 aromatic heterocycles. The highest BCUT2D eigenvalue weighted by Crippen LogP contribution is 2.32. The topological polar surface area (TPSA) is 56.7 Å². The van der Waals surface area contributed by atoms with E-state index in [9.17, 15) is 0 Å². The molecule has 0 aliphatic heterocycles. The van der Waals surface area contributed by atoms with Crippen molar-refractivity contribution in [1.29, 1.82) is 0 Å². The smallest absolute Gasteiger partial charge is 0.204 e. The Bertz CT molecular complexity index is 920. The first kappa shape index (κ1) is 14.7. The van der Waals surface area contributed by atoms with Crippen LogP contribution in [0.5, 0.6) is 0 Å². The van der Waals surface area contributed by atoms with E-state index in [4.69, 9.17) is 17.0 Å². The Morgan fingerprint density at radius 2 is 1.71 bits per heavy atom. The fourth-order valence-corrected chi connectivity index (χ4v) is 2.90. The molecular formula is C18H14N4OS. The van der Waals surface area contributed by atoms with E-state index >= 15 is 0 Å². The Hall–Kier alpha value is -2.86. The van der Waals surface area contributed by atoms with Crippen LogP contribution < -0.4 is 0 Å². The molecule has 1 atom stereocenters. The van der Waals surface area contributed by atoms with Crippen LogP contribution in [-0.4, -0.2) is 19.7 Å². The number of benzene rings is 1. The third-order valence-corrected chi connectivity index (χ3v) is 4.24. The van der Waals surface area contributed by atoms with Gasteiger partial charge < -0.3 is 4.42 Å². The summed E-state index contributed by atoms with van der Waals surface area (Å²) >= 11 is 4.76. The minimum atomic E-state index is -0.232. The number of para-hydroxylation sites is 1. The number of thiol groups is 1. The van der Waals surface area contributed by atoms with Gasteiger partial charge in [0.1, 0.15) is 0 Å². The van der Waals surface area contributed by atoms with E-state index in [0.717, 1.165) is 17.1 Å². The van der Waals surface area contributed by atoms with Crippen LogP contribution in [0.25, 0.3) is 17.3 Å². The highest BCUT2D eigenvalue weighted by molar-refractivity contribution is 7.80. The Balaban J connectivity index is 1.89. The van der Waals surface area contributed by atoms with Gasteiger partial charge in [-0.2, -0.15) is 12.6 Å². The van der Waals surface area contributed by atoms with Gasteiger partial charge in [-0.3, -0.25) is 9.55 Å². The summed E-state index contributed by atoms with van der Waals surface area (Å²) in [5, 5.41) is 8.49. The van der Waals surface area contributed by atoms with Gasteiger partial charge in [0.15, 0.2) is 11.6 Å². The number of nitrogens with zero attached hydrogens (tertiary/aromatic N) is 4. The van der Waals surface area contributed by atoms with Gasteiger partial charge in [0.25, 0.3) is 0 Å². The highest BCUT2D eigenvalue weighted by atomic mass is 32.1. The Morgan fingerprint density at radius 3 is 2.42 bits per heavy atom. The van der Waals surface area contributed by atoms with Crippen LogP contribution in [0.3, 0.4) is 0 Å². The molecule has 0 aliphatic carbocycles. The summed E-state index contributed by atoms with van der Waals surface area (Å²) in [5.41, 5.74) is 1.96. The maximum absolute atomic E-state index is 5.52. The van der Waals surface area contributed by atoms with Crippen molar-refractivity contribution in [3.8, 4) is 17.3 Å². The lowest BCUT2D eigenvalue weighted by Crippen LogP contribution is -2.06. The fraction of sp³-hybridized carbons (Fsp3) is 0.0556. The zero-order chi connectivity index (χ0) is 16.4. The van der Waals surface area contributed by atoms with E-state index in [1.54, 1.807) is 18.7 Å². The predicted molar refractivity (Wildman–Crippen MR) is 94.1 cm³/mol. The van der Waals surface area contributed by atoms with E-state index in [2.05, 4.69) is 15.2 Å². The number of hydrogen-bond donors (Lipinski definition) is 1. The van der Waals surface area contributed by atoms with Gasteiger partial charge in [-0.05, 0) is 42.0 Å². The average molecular weight is 334 g/mol. The molecule has 0 saturated carbocycles. The Labute approximate surface area is 144 Å². The first-order valence-corrected chi connectivity index (χ1v) is 7.99. The SMILES string of the molecule is SC(c1ccncc1)c1nnc(-c2ccco2)n1-c1ccccc1. The molecule has 0 amide bonds. The largest absolute Gasteiger partial charge is 0.461 e. The van der Waals surface area contributed by atoms with Crippen LogP contribution in [0.2, 0.25) is 0 Å². The number of furan rings is 1. The quantitative estimate of drug-likeness (QED) is 0.574. The lowest BCUT2D eigenvalue weighted by Gasteiger charge is -2.14. The second-order valence-electron chi connectivity index (χ2n) is 5.21. The van der Waals surface area contributed by atoms with Crippen LogP contribution in [-0.2, 0) is 0 Å². The highest BCUT2D eigenvalue weighted by Gasteiger charge is 2.23. The number of rotatable bonds is 4. The van der Waals surface area contributed by atoms with Crippen molar-refractivity contribution in [1.82, 2.24) is 19.7 Å². The van der Waals surface area contributed by atoms with Crippen LogP contribution in [0.4, 0.5) is 0 Å². The van der Waals surface area contributed by atoms with Gasteiger partial charge in [-0.25, -0.2) is 0 Å². The van der Waals surface area contributed by atoms with E-state index in [0.29, 0.717) is 11.6 Å². The second kappa shape index (κ2) is 6.33. The van der Waals surface area contributed by atoms with Gasteiger partial charge >= 0.3 is 0 Å². The molecular weight excluding hydrogens is 320 g/mol. The molecule has 118 valence electrons. The number of pyridine rings is 1. The van der Waals surface area contributed by atoms with Crippen molar-refractivity contribution in [3.05, 3.63) is 84.6 Å². The summed E-state index contributed by atoms with van der Waals surface area (Å²) in [5.74, 6) is 2.03. The van der Waals surface area contributed by atoms with Crippen molar-refractivity contribution >= 4 is 12.6 Å². The molecule has 4 aromatic rings. The van der Waals surface area contributed by atoms with Gasteiger partial charge in [0.2, 0.25) is 5.82 Å². The van der Waals surface area contributed by atoms with E-state index < -0.39 is 0 Å². The molecule has 0 spiro atoms. The van der Waals surface area contributed by atoms with Crippen LogP contribution in [0.15, 0.2) is 77.7 Å². The third-order valence-electron chi connectivity index (χ3n) is 3.71. The molecule has 0 saturated heterocycles. The van der Waals surface area contributed by atoms with Crippen molar-refractivity contribution in [2.24, 2.45) is 0 Å². The van der Waals surface area contributed by atoms with Crippen LogP contribution in [0.1, 0.15) is 16.6 Å². The molecule has 1 unspecified atom stereocenters. The van der Waals surface area contributed by atoms with Crippen molar-refractivity contribution < 1.29 is 4.42 Å². The summed E-state index contributed by atoms with van der Waals surface area (Å²) in [6.45, 7) is 0. The van der Waals surface area contributed by atoms with Gasteiger partial charge in [-0.1, -0.05) is 18.2 Å². The van der Waals surface area contributed by atoms with Crippen molar-refractivity contribution in [2.75, 3.05) is 0 Å². The molecule has 0 fully saturated rings. The van der Waals surface area contributed by atoms with Crippen molar-refractivity contribution in [2.45, 2.75) is 5.25 Å². The fourth-order valence-electron chi connectivity index (χ4n) is 2.57. The third kappa shape index (κ3) is 2.61. The van der Waals surface area contributed by atoms with Gasteiger partial charge in [-0.15, -0.1) is 10.2 Å². The molecule has 5 nitrogen and oxygen atoms in total. The maximum Gasteiger partial charge on any atom is 0.204 e. The molecule has 4 rings (SSSR count). The maximum atomic E-state index is 5.52. The summed E-state index contributed by atoms with van der Waals surface area (Å²) < 4.78 is 7.49. The first-order chi connectivity index (χ1) is 11.8. The molecule has 6 heteroatoms. The van der Waals surface area contributed by atoms with E-state index in [-0.39, 0.29) is 5.25 Å². The van der Waals surface area contributed by atoms with Crippen molar-refractivity contribution in [3.63, 3.8) is 0 Å². The molecule has 0 aliphatic rings. The molecule has 0 N–H and O–H groups in total. The normalized spacial score (nSPS) is 12.2. The molecule has 24 heavy (non-hydrogen) atoms. The summed E-state index contributed by atoms with van der Waals surface area (Å²) in [7, 11) is 0. The van der Waals surface area contributed by atoms with Crippen LogP contribution in [0, 0.1) is 0 Å². The molecule has 0 bridgehead atoms. The zero-order valence-corrected chi connectivity index (χ0v) is 13.5. The first-order valence-electron chi connectivity index (χ1n) is 7.47. The Kier molecular flexibility index (Phi) is 3.88. The summed E-state index contributed by atoms with van der Waals surface area (Å²) in [6, 6.07) is 17.5. The van der Waals surface area contributed by atoms with E-state index in [1.807, 2.05) is 59.2 Å². The lowest BCUT2D eigenvalue weighted by molar-refractivity contribution is 0.575. The summed E-state index contributed by atoms with van der Waals surface area (Å²) in [4.78, 5) is 4.06. The van der Waals surface area contributed by atoms with E-state index in [1.165, 1.54) is 0 Å². The Morgan fingerprint density at radius 1 is 0.917 bits per heavy atom. The number of aromatic nitrogens is 4. The standard InChI is InChI=1S/C18H14N4OS/c24-16(13-8-10-19-11-9-13)18-21-20-17(15-7-4-12-23-15)22(18)14-5-2-1-3-6-14/h1-12,16,24H. The minimum absolute atomic E-state index is 0.232. The molecule has 1 aromatic carbocycles. The zero-order valence-electron chi connectivity index (χ0n) is 12.6. The number of hydrogen-bond acceptors (Lipinski definition) is 5. The van der Waals surface area contributed by atoms with Crippen LogP contribution >= 0.6 is 12.6 Å². The molecule has 0 radical (unpaired) electrons. The monoisotopic (exact) mass is 334 g/mol. The molecule has 3 heterocycles. The lowest BCUT2D eigenvalue weighted by atomic mass is 10.1.